The van der Waals surface area contributed by atoms with Gasteiger partial charge in [0, 0.05) is 30.2 Å². The van der Waals surface area contributed by atoms with Crippen LogP contribution in [0.2, 0.25) is 0 Å². The predicted molar refractivity (Wildman–Crippen MR) is 92.4 cm³/mol. The van der Waals surface area contributed by atoms with Gasteiger partial charge in [-0.25, -0.2) is 0 Å². The number of nitrogens with zero attached hydrogens (tertiary/aromatic N) is 1. The normalized spacial score (nSPS) is 19.1. The molecule has 0 spiro atoms. The second-order valence-corrected chi connectivity index (χ2v) is 6.69. The van der Waals surface area contributed by atoms with Crippen molar-refractivity contribution in [2.75, 3.05) is 32.9 Å². The standard InChI is InChI=1S/C19H24N2O3/c22-18(21-8-10-23-11-9-21)13-24-17-7-3-6-16-19(17)15(12-20-16)14-4-1-2-5-14/h3,6-7,12,14,20H,1-2,4-5,8-11,13H2. The van der Waals surface area contributed by atoms with Crippen LogP contribution in [-0.4, -0.2) is 48.7 Å². The second-order valence-electron chi connectivity index (χ2n) is 6.69. The number of hydrogen-bond acceptors (Lipinski definition) is 3. The van der Waals surface area contributed by atoms with Crippen LogP contribution in [0, 0.1) is 0 Å². The van der Waals surface area contributed by atoms with Crippen LogP contribution in [0.5, 0.6) is 5.75 Å². The van der Waals surface area contributed by atoms with Crippen LogP contribution in [-0.2, 0) is 9.53 Å². The van der Waals surface area contributed by atoms with E-state index in [-0.39, 0.29) is 12.5 Å². The number of rotatable bonds is 4. The minimum Gasteiger partial charge on any atom is -0.483 e. The molecule has 5 nitrogen and oxygen atoms in total. The zero-order chi connectivity index (χ0) is 16.4. The molecule has 2 aromatic rings. The van der Waals surface area contributed by atoms with Crippen molar-refractivity contribution in [3.8, 4) is 5.75 Å². The highest BCUT2D eigenvalue weighted by Crippen LogP contribution is 2.40. The minimum atomic E-state index is 0.0354. The number of carbonyl (C=O) groups is 1. The average Bonchev–Trinajstić information content (AvgIpc) is 3.29. The van der Waals surface area contributed by atoms with Gasteiger partial charge in [-0.05, 0) is 36.5 Å². The molecule has 128 valence electrons. The van der Waals surface area contributed by atoms with Gasteiger partial charge in [0.25, 0.3) is 5.91 Å². The number of carbonyl (C=O) groups excluding carboxylic acids is 1. The van der Waals surface area contributed by atoms with Crippen molar-refractivity contribution in [1.82, 2.24) is 9.88 Å². The van der Waals surface area contributed by atoms with E-state index in [2.05, 4.69) is 17.2 Å². The second kappa shape index (κ2) is 6.85. The van der Waals surface area contributed by atoms with Gasteiger partial charge < -0.3 is 19.4 Å². The Morgan fingerprint density at radius 3 is 2.83 bits per heavy atom. The lowest BCUT2D eigenvalue weighted by Crippen LogP contribution is -2.42. The topological polar surface area (TPSA) is 54.6 Å². The Morgan fingerprint density at radius 2 is 2.04 bits per heavy atom. The van der Waals surface area contributed by atoms with E-state index in [0.29, 0.717) is 32.2 Å². The molecular weight excluding hydrogens is 304 g/mol. The fraction of sp³-hybridized carbons (Fsp3) is 0.526. The van der Waals surface area contributed by atoms with Gasteiger partial charge in [0.2, 0.25) is 0 Å². The van der Waals surface area contributed by atoms with Gasteiger partial charge in [-0.15, -0.1) is 0 Å². The maximum absolute atomic E-state index is 12.3. The molecule has 0 bridgehead atoms. The number of nitrogens with one attached hydrogen (secondary N) is 1. The quantitative estimate of drug-likeness (QED) is 0.938. The van der Waals surface area contributed by atoms with Gasteiger partial charge in [0.1, 0.15) is 5.75 Å². The van der Waals surface area contributed by atoms with E-state index in [0.717, 1.165) is 16.7 Å². The van der Waals surface area contributed by atoms with E-state index in [4.69, 9.17) is 9.47 Å². The third-order valence-electron chi connectivity index (χ3n) is 5.21. The summed E-state index contributed by atoms with van der Waals surface area (Å²) in [4.78, 5) is 17.5. The van der Waals surface area contributed by atoms with Crippen molar-refractivity contribution in [3.63, 3.8) is 0 Å². The number of aromatic nitrogens is 1. The third kappa shape index (κ3) is 3.00. The minimum absolute atomic E-state index is 0.0354. The molecule has 1 aliphatic heterocycles. The van der Waals surface area contributed by atoms with Crippen LogP contribution in [0.25, 0.3) is 10.9 Å². The molecule has 1 N–H and O–H groups in total. The van der Waals surface area contributed by atoms with Gasteiger partial charge in [0.05, 0.1) is 13.2 Å². The molecule has 0 radical (unpaired) electrons. The zero-order valence-corrected chi connectivity index (χ0v) is 13.9. The number of amides is 1. The average molecular weight is 328 g/mol. The summed E-state index contributed by atoms with van der Waals surface area (Å²) >= 11 is 0. The number of aromatic amines is 1. The van der Waals surface area contributed by atoms with Gasteiger partial charge in [-0.3, -0.25) is 4.79 Å². The molecule has 5 heteroatoms. The van der Waals surface area contributed by atoms with Crippen molar-refractivity contribution in [3.05, 3.63) is 30.0 Å². The molecule has 2 fully saturated rings. The molecule has 1 aliphatic carbocycles. The van der Waals surface area contributed by atoms with Crippen LogP contribution in [0.15, 0.2) is 24.4 Å². The number of ether oxygens (including phenoxy) is 2. The Bertz CT molecular complexity index is 712. The van der Waals surface area contributed by atoms with Gasteiger partial charge in [-0.2, -0.15) is 0 Å². The monoisotopic (exact) mass is 328 g/mol. The lowest BCUT2D eigenvalue weighted by Gasteiger charge is -2.26. The van der Waals surface area contributed by atoms with Crippen molar-refractivity contribution in [1.29, 1.82) is 0 Å². The molecule has 2 aliphatic rings. The molecule has 1 amide bonds. The van der Waals surface area contributed by atoms with Gasteiger partial charge in [-0.1, -0.05) is 18.9 Å². The number of morpholine rings is 1. The fourth-order valence-electron chi connectivity index (χ4n) is 3.90. The van der Waals surface area contributed by atoms with Crippen molar-refractivity contribution in [2.24, 2.45) is 0 Å². The highest BCUT2D eigenvalue weighted by molar-refractivity contribution is 5.90. The third-order valence-corrected chi connectivity index (χ3v) is 5.21. The van der Waals surface area contributed by atoms with Crippen LogP contribution >= 0.6 is 0 Å². The highest BCUT2D eigenvalue weighted by atomic mass is 16.5. The summed E-state index contributed by atoms with van der Waals surface area (Å²) in [6, 6.07) is 6.03. The van der Waals surface area contributed by atoms with Crippen molar-refractivity contribution >= 4 is 16.8 Å². The van der Waals surface area contributed by atoms with E-state index >= 15 is 0 Å². The summed E-state index contributed by atoms with van der Waals surface area (Å²) in [5, 5.41) is 1.15. The van der Waals surface area contributed by atoms with E-state index < -0.39 is 0 Å². The first-order valence-corrected chi connectivity index (χ1v) is 8.91. The number of benzene rings is 1. The molecule has 1 saturated heterocycles. The molecule has 4 rings (SSSR count). The van der Waals surface area contributed by atoms with Crippen molar-refractivity contribution < 1.29 is 14.3 Å². The number of H-pyrrole nitrogens is 1. The summed E-state index contributed by atoms with van der Waals surface area (Å²) in [5.74, 6) is 1.46. The lowest BCUT2D eigenvalue weighted by molar-refractivity contribution is -0.137. The lowest BCUT2D eigenvalue weighted by atomic mass is 9.97. The van der Waals surface area contributed by atoms with Crippen LogP contribution in [0.3, 0.4) is 0 Å². The Kier molecular flexibility index (Phi) is 4.43. The number of fused-ring (bicyclic) bond motifs is 1. The first kappa shape index (κ1) is 15.5. The maximum Gasteiger partial charge on any atom is 0.260 e. The summed E-state index contributed by atoms with van der Waals surface area (Å²) in [5.41, 5.74) is 2.44. The summed E-state index contributed by atoms with van der Waals surface area (Å²) in [6.07, 6.45) is 7.21. The first-order valence-electron chi connectivity index (χ1n) is 8.91. The molecule has 24 heavy (non-hydrogen) atoms. The Morgan fingerprint density at radius 1 is 1.25 bits per heavy atom. The molecule has 0 atom stereocenters. The van der Waals surface area contributed by atoms with E-state index in [9.17, 15) is 4.79 Å². The van der Waals surface area contributed by atoms with Crippen molar-refractivity contribution in [2.45, 2.75) is 31.6 Å². The highest BCUT2D eigenvalue weighted by Gasteiger charge is 2.23. The van der Waals surface area contributed by atoms with E-state index in [1.807, 2.05) is 17.0 Å². The van der Waals surface area contributed by atoms with Gasteiger partial charge >= 0.3 is 0 Å². The van der Waals surface area contributed by atoms with Crippen LogP contribution < -0.4 is 4.74 Å². The molecule has 1 aromatic heterocycles. The van der Waals surface area contributed by atoms with Crippen LogP contribution in [0.1, 0.15) is 37.2 Å². The van der Waals surface area contributed by atoms with Gasteiger partial charge in [0.15, 0.2) is 6.61 Å². The zero-order valence-electron chi connectivity index (χ0n) is 13.9. The number of hydrogen-bond donors (Lipinski definition) is 1. The maximum atomic E-state index is 12.3. The summed E-state index contributed by atoms with van der Waals surface area (Å²) in [6.45, 7) is 2.64. The molecule has 1 saturated carbocycles. The molecule has 2 heterocycles. The largest absolute Gasteiger partial charge is 0.483 e. The van der Waals surface area contributed by atoms with Crippen LogP contribution in [0.4, 0.5) is 0 Å². The smallest absolute Gasteiger partial charge is 0.260 e. The fourth-order valence-corrected chi connectivity index (χ4v) is 3.90. The SMILES string of the molecule is O=C(COc1cccc2[nH]cc(C3CCCC3)c12)N1CCOCC1. The first-order chi connectivity index (χ1) is 11.8. The molecule has 0 unspecified atom stereocenters. The van der Waals surface area contributed by atoms with E-state index in [1.165, 1.54) is 31.2 Å². The molecular formula is C19H24N2O3. The Hall–Kier alpha value is -2.01. The Balaban J connectivity index is 1.52. The summed E-state index contributed by atoms with van der Waals surface area (Å²) < 4.78 is 11.2. The predicted octanol–water partition coefficient (Wildman–Crippen LogP) is 3.06. The Labute approximate surface area is 141 Å². The van der Waals surface area contributed by atoms with E-state index in [1.54, 1.807) is 0 Å². The molecule has 1 aromatic carbocycles. The summed E-state index contributed by atoms with van der Waals surface area (Å²) in [7, 11) is 0.